The number of pyridine rings is 1. The van der Waals surface area contributed by atoms with Crippen molar-refractivity contribution < 1.29 is 9.47 Å². The lowest BCUT2D eigenvalue weighted by atomic mass is 10.2. The van der Waals surface area contributed by atoms with Gasteiger partial charge in [0.25, 0.3) is 0 Å². The van der Waals surface area contributed by atoms with Crippen LogP contribution in [0.4, 0.5) is 0 Å². The Morgan fingerprint density at radius 3 is 2.60 bits per heavy atom. The summed E-state index contributed by atoms with van der Waals surface area (Å²) in [6.07, 6.45) is 0. The van der Waals surface area contributed by atoms with Gasteiger partial charge in [0, 0.05) is 12.6 Å². The molecule has 7 heteroatoms. The summed E-state index contributed by atoms with van der Waals surface area (Å²) in [4.78, 5) is 8.98. The Hall–Kier alpha value is -2.03. The van der Waals surface area contributed by atoms with Crippen LogP contribution >= 0.6 is 24.0 Å². The van der Waals surface area contributed by atoms with E-state index in [4.69, 9.17) is 9.47 Å². The smallest absolute Gasteiger partial charge is 0.213 e. The van der Waals surface area contributed by atoms with Crippen molar-refractivity contribution >= 4 is 29.9 Å². The zero-order valence-electron chi connectivity index (χ0n) is 14.8. The van der Waals surface area contributed by atoms with Crippen LogP contribution in [0.5, 0.6) is 11.6 Å². The molecule has 0 aliphatic carbocycles. The van der Waals surface area contributed by atoms with Gasteiger partial charge in [-0.15, -0.1) is 24.0 Å². The third kappa shape index (κ3) is 7.16. The van der Waals surface area contributed by atoms with Gasteiger partial charge in [-0.25, -0.2) is 9.98 Å². The summed E-state index contributed by atoms with van der Waals surface area (Å²) < 4.78 is 10.4. The topological polar surface area (TPSA) is 67.8 Å². The van der Waals surface area contributed by atoms with Crippen LogP contribution in [0.15, 0.2) is 47.5 Å². The summed E-state index contributed by atoms with van der Waals surface area (Å²) in [5.41, 5.74) is 1.98. The van der Waals surface area contributed by atoms with Crippen LogP contribution in [0.3, 0.4) is 0 Å². The molecular formula is C18H25IN4O2. The molecule has 136 valence electrons. The highest BCUT2D eigenvalue weighted by Gasteiger charge is 2.01. The third-order valence-electron chi connectivity index (χ3n) is 3.33. The van der Waals surface area contributed by atoms with Gasteiger partial charge in [-0.1, -0.05) is 18.2 Å². The first-order chi connectivity index (χ1) is 11.7. The second-order valence-electron chi connectivity index (χ2n) is 5.07. The fourth-order valence-corrected chi connectivity index (χ4v) is 2.13. The maximum Gasteiger partial charge on any atom is 0.213 e. The molecule has 1 aromatic carbocycles. The monoisotopic (exact) mass is 456 g/mol. The molecule has 2 N–H and O–H groups in total. The highest BCUT2D eigenvalue weighted by molar-refractivity contribution is 14.0. The molecule has 25 heavy (non-hydrogen) atoms. The second kappa shape index (κ2) is 11.5. The number of methoxy groups -OCH3 is 2. The SMILES string of the molecule is CCNC(=NCc1cccc(OC)c1)NCc1cccc(OC)n1.I. The number of hydrogen-bond acceptors (Lipinski definition) is 4. The number of aromatic nitrogens is 1. The molecule has 0 fully saturated rings. The molecule has 0 radical (unpaired) electrons. The van der Waals surface area contributed by atoms with E-state index in [1.807, 2.05) is 49.4 Å². The summed E-state index contributed by atoms with van der Waals surface area (Å²) in [6, 6.07) is 13.6. The highest BCUT2D eigenvalue weighted by atomic mass is 127. The molecule has 0 aliphatic rings. The first-order valence-electron chi connectivity index (χ1n) is 7.90. The van der Waals surface area contributed by atoms with Crippen LogP contribution in [0, 0.1) is 0 Å². The molecule has 6 nitrogen and oxygen atoms in total. The summed E-state index contributed by atoms with van der Waals surface area (Å²) in [5.74, 6) is 2.18. The van der Waals surface area contributed by atoms with E-state index in [2.05, 4.69) is 20.6 Å². The van der Waals surface area contributed by atoms with E-state index >= 15 is 0 Å². The van der Waals surface area contributed by atoms with Gasteiger partial charge in [0.1, 0.15) is 5.75 Å². The van der Waals surface area contributed by atoms with Gasteiger partial charge in [0.2, 0.25) is 5.88 Å². The van der Waals surface area contributed by atoms with Crippen LogP contribution in [0.25, 0.3) is 0 Å². The number of aliphatic imine (C=N–C) groups is 1. The highest BCUT2D eigenvalue weighted by Crippen LogP contribution is 2.13. The number of halogens is 1. The lowest BCUT2D eigenvalue weighted by molar-refractivity contribution is 0.396. The molecule has 2 aromatic rings. The van der Waals surface area contributed by atoms with Crippen LogP contribution in [-0.4, -0.2) is 31.7 Å². The third-order valence-corrected chi connectivity index (χ3v) is 3.33. The van der Waals surface area contributed by atoms with Crippen molar-refractivity contribution in [3.05, 3.63) is 53.7 Å². The fourth-order valence-electron chi connectivity index (χ4n) is 2.13. The fraction of sp³-hybridized carbons (Fsp3) is 0.333. The average molecular weight is 456 g/mol. The molecule has 0 saturated heterocycles. The van der Waals surface area contributed by atoms with Gasteiger partial charge in [-0.2, -0.15) is 0 Å². The van der Waals surface area contributed by atoms with E-state index in [0.29, 0.717) is 19.0 Å². The van der Waals surface area contributed by atoms with E-state index < -0.39 is 0 Å². The molecule has 0 aliphatic heterocycles. The number of hydrogen-bond donors (Lipinski definition) is 2. The molecular weight excluding hydrogens is 431 g/mol. The van der Waals surface area contributed by atoms with Crippen molar-refractivity contribution in [1.29, 1.82) is 0 Å². The number of ether oxygens (including phenoxy) is 2. The molecule has 0 unspecified atom stereocenters. The van der Waals surface area contributed by atoms with Crippen molar-refractivity contribution in [2.75, 3.05) is 20.8 Å². The predicted octanol–water partition coefficient (Wildman–Crippen LogP) is 2.97. The quantitative estimate of drug-likeness (QED) is 0.381. The first-order valence-corrected chi connectivity index (χ1v) is 7.90. The number of nitrogens with zero attached hydrogens (tertiary/aromatic N) is 2. The molecule has 0 spiro atoms. The molecule has 0 saturated carbocycles. The van der Waals surface area contributed by atoms with Crippen LogP contribution in [0.1, 0.15) is 18.2 Å². The van der Waals surface area contributed by atoms with Crippen LogP contribution in [-0.2, 0) is 13.1 Å². The van der Waals surface area contributed by atoms with E-state index in [1.165, 1.54) is 0 Å². The Labute approximate surface area is 166 Å². The van der Waals surface area contributed by atoms with E-state index in [9.17, 15) is 0 Å². The maximum absolute atomic E-state index is 5.24. The van der Waals surface area contributed by atoms with Crippen molar-refractivity contribution in [3.63, 3.8) is 0 Å². The zero-order chi connectivity index (χ0) is 17.2. The Balaban J connectivity index is 0.00000312. The Morgan fingerprint density at radius 1 is 1.08 bits per heavy atom. The summed E-state index contributed by atoms with van der Waals surface area (Å²) in [5, 5.41) is 6.51. The van der Waals surface area contributed by atoms with Crippen LogP contribution in [0.2, 0.25) is 0 Å². The largest absolute Gasteiger partial charge is 0.497 e. The van der Waals surface area contributed by atoms with Crippen LogP contribution < -0.4 is 20.1 Å². The van der Waals surface area contributed by atoms with E-state index in [-0.39, 0.29) is 24.0 Å². The number of benzene rings is 1. The molecule has 0 amide bonds. The van der Waals surface area contributed by atoms with E-state index in [1.54, 1.807) is 14.2 Å². The Bertz CT molecular complexity index is 680. The Kier molecular flexibility index (Phi) is 9.68. The molecule has 1 heterocycles. The minimum atomic E-state index is 0. The maximum atomic E-state index is 5.24. The number of rotatable bonds is 7. The number of guanidine groups is 1. The first kappa shape index (κ1) is 21.0. The minimum absolute atomic E-state index is 0. The van der Waals surface area contributed by atoms with Gasteiger partial charge in [0.05, 0.1) is 33.0 Å². The molecule has 1 aromatic heterocycles. The second-order valence-corrected chi connectivity index (χ2v) is 5.07. The van der Waals surface area contributed by atoms with Gasteiger partial charge in [-0.05, 0) is 30.7 Å². The number of nitrogens with one attached hydrogen (secondary N) is 2. The van der Waals surface area contributed by atoms with Gasteiger partial charge in [-0.3, -0.25) is 0 Å². The van der Waals surface area contributed by atoms with E-state index in [0.717, 1.165) is 29.5 Å². The van der Waals surface area contributed by atoms with Gasteiger partial charge in [0.15, 0.2) is 5.96 Å². The molecule has 2 rings (SSSR count). The van der Waals surface area contributed by atoms with Crippen molar-refractivity contribution in [1.82, 2.24) is 15.6 Å². The molecule has 0 bridgehead atoms. The summed E-state index contributed by atoms with van der Waals surface area (Å²) in [6.45, 7) is 3.96. The van der Waals surface area contributed by atoms with Crippen molar-refractivity contribution in [3.8, 4) is 11.6 Å². The standard InChI is InChI=1S/C18H24N4O2.HI/c1-4-19-18(20-12-14-7-5-9-16(11-14)23-2)21-13-15-8-6-10-17(22-15)24-3;/h5-11H,4,12-13H2,1-3H3,(H2,19,20,21);1H. The Morgan fingerprint density at radius 2 is 1.88 bits per heavy atom. The summed E-state index contributed by atoms with van der Waals surface area (Å²) >= 11 is 0. The van der Waals surface area contributed by atoms with Crippen molar-refractivity contribution in [2.24, 2.45) is 4.99 Å². The minimum Gasteiger partial charge on any atom is -0.497 e. The predicted molar refractivity (Wildman–Crippen MR) is 111 cm³/mol. The zero-order valence-corrected chi connectivity index (χ0v) is 17.1. The van der Waals surface area contributed by atoms with Crippen molar-refractivity contribution in [2.45, 2.75) is 20.0 Å². The summed E-state index contributed by atoms with van der Waals surface area (Å²) in [7, 11) is 3.27. The average Bonchev–Trinajstić information content (AvgIpc) is 2.64. The van der Waals surface area contributed by atoms with Gasteiger partial charge >= 0.3 is 0 Å². The van der Waals surface area contributed by atoms with Gasteiger partial charge < -0.3 is 20.1 Å². The normalized spacial score (nSPS) is 10.6. The lowest BCUT2D eigenvalue weighted by Gasteiger charge is -2.11. The lowest BCUT2D eigenvalue weighted by Crippen LogP contribution is -2.37. The molecule has 0 atom stereocenters.